The third kappa shape index (κ3) is 4.44. The summed E-state index contributed by atoms with van der Waals surface area (Å²) in [7, 11) is 0. The zero-order valence-electron chi connectivity index (χ0n) is 12.3. The second-order valence-corrected chi connectivity index (χ2v) is 6.40. The lowest BCUT2D eigenvalue weighted by Crippen LogP contribution is -2.42. The number of rotatable bonds is 7. The van der Waals surface area contributed by atoms with E-state index in [-0.39, 0.29) is 6.10 Å². The van der Waals surface area contributed by atoms with Crippen LogP contribution in [0.15, 0.2) is 0 Å². The topological polar surface area (TPSA) is 43.7 Å². The van der Waals surface area contributed by atoms with Gasteiger partial charge in [-0.15, -0.1) is 0 Å². The Labute approximate surface area is 118 Å². The molecule has 1 aliphatic carbocycles. The summed E-state index contributed by atoms with van der Waals surface area (Å²) >= 11 is 0. The third-order valence-corrected chi connectivity index (χ3v) is 5.04. The summed E-state index contributed by atoms with van der Waals surface area (Å²) in [6, 6.07) is 0.646. The molecule has 1 saturated carbocycles. The average Bonchev–Trinajstić information content (AvgIpc) is 2.87. The van der Waals surface area contributed by atoms with Gasteiger partial charge in [0, 0.05) is 18.6 Å². The summed E-state index contributed by atoms with van der Waals surface area (Å²) in [5.74, 6) is 0.536. The minimum absolute atomic E-state index is 0.0475. The highest BCUT2D eigenvalue weighted by atomic mass is 16.3. The number of likely N-dealkylation sites (tertiary alicyclic amines) is 1. The molecule has 3 heteroatoms. The normalized spacial score (nSPS) is 32.8. The van der Waals surface area contributed by atoms with E-state index < -0.39 is 0 Å². The van der Waals surface area contributed by atoms with Crippen molar-refractivity contribution >= 4 is 0 Å². The van der Waals surface area contributed by atoms with Crippen molar-refractivity contribution in [2.24, 2.45) is 5.92 Å². The van der Waals surface area contributed by atoms with Crippen molar-refractivity contribution in [2.45, 2.75) is 76.4 Å². The van der Waals surface area contributed by atoms with Crippen molar-refractivity contribution in [3.8, 4) is 0 Å². The van der Waals surface area contributed by atoms with Gasteiger partial charge in [-0.2, -0.15) is 0 Å². The molecule has 0 aromatic rings. The van der Waals surface area contributed by atoms with Crippen LogP contribution in [-0.4, -0.2) is 47.0 Å². The first-order valence-electron chi connectivity index (χ1n) is 8.36. The molecule has 1 saturated heterocycles. The molecule has 1 aliphatic heterocycles. The quantitative estimate of drug-likeness (QED) is 0.698. The lowest BCUT2D eigenvalue weighted by Gasteiger charge is -2.37. The number of hydrogen-bond acceptors (Lipinski definition) is 3. The van der Waals surface area contributed by atoms with E-state index in [1.54, 1.807) is 0 Å². The third-order valence-electron chi connectivity index (χ3n) is 5.04. The van der Waals surface area contributed by atoms with E-state index in [2.05, 4.69) is 4.90 Å². The van der Waals surface area contributed by atoms with Crippen LogP contribution >= 0.6 is 0 Å². The molecule has 0 aromatic carbocycles. The van der Waals surface area contributed by atoms with Gasteiger partial charge in [-0.3, -0.25) is 0 Å². The monoisotopic (exact) mass is 269 g/mol. The summed E-state index contributed by atoms with van der Waals surface area (Å²) in [6.07, 6.45) is 11.9. The highest BCUT2D eigenvalue weighted by molar-refractivity contribution is 4.90. The van der Waals surface area contributed by atoms with Gasteiger partial charge in [0.2, 0.25) is 0 Å². The van der Waals surface area contributed by atoms with Crippen LogP contribution in [0.4, 0.5) is 0 Å². The minimum atomic E-state index is -0.0475. The summed E-state index contributed by atoms with van der Waals surface area (Å²) < 4.78 is 0. The molecule has 3 unspecified atom stereocenters. The van der Waals surface area contributed by atoms with Gasteiger partial charge in [-0.1, -0.05) is 25.7 Å². The van der Waals surface area contributed by atoms with Crippen molar-refractivity contribution in [2.75, 3.05) is 19.7 Å². The molecule has 0 bridgehead atoms. The van der Waals surface area contributed by atoms with Gasteiger partial charge in [0.15, 0.2) is 0 Å². The van der Waals surface area contributed by atoms with Crippen LogP contribution in [0.3, 0.4) is 0 Å². The predicted molar refractivity (Wildman–Crippen MR) is 78.1 cm³/mol. The fourth-order valence-electron chi connectivity index (χ4n) is 3.98. The SMILES string of the molecule is OCCCCCCN1CCCC1C1CCCCC1O. The smallest absolute Gasteiger partial charge is 0.0583 e. The Balaban J connectivity index is 1.73. The summed E-state index contributed by atoms with van der Waals surface area (Å²) in [6.45, 7) is 2.76. The standard InChI is InChI=1S/C16H31NO2/c18-13-6-2-1-5-11-17-12-7-9-15(17)14-8-3-4-10-16(14)19/h14-16,18-19H,1-13H2. The lowest BCUT2D eigenvalue weighted by atomic mass is 9.80. The van der Waals surface area contributed by atoms with Crippen molar-refractivity contribution < 1.29 is 10.2 Å². The van der Waals surface area contributed by atoms with E-state index in [0.717, 1.165) is 19.3 Å². The molecule has 2 N–H and O–H groups in total. The molecule has 2 rings (SSSR count). The van der Waals surface area contributed by atoms with Crippen LogP contribution in [-0.2, 0) is 0 Å². The van der Waals surface area contributed by atoms with Gasteiger partial charge in [0.05, 0.1) is 6.10 Å². The van der Waals surface area contributed by atoms with Gasteiger partial charge < -0.3 is 15.1 Å². The van der Waals surface area contributed by atoms with Gasteiger partial charge in [-0.05, 0) is 51.6 Å². The van der Waals surface area contributed by atoms with E-state index in [4.69, 9.17) is 5.11 Å². The molecule has 0 amide bonds. The molecule has 3 atom stereocenters. The van der Waals surface area contributed by atoms with Crippen LogP contribution in [0.5, 0.6) is 0 Å². The Bertz CT molecular complexity index is 247. The van der Waals surface area contributed by atoms with Crippen LogP contribution in [0, 0.1) is 5.92 Å². The number of aliphatic hydroxyl groups is 2. The Hall–Kier alpha value is -0.120. The van der Waals surface area contributed by atoms with Crippen LogP contribution in [0.25, 0.3) is 0 Å². The Kier molecular flexibility index (Phi) is 6.62. The first-order chi connectivity index (χ1) is 9.33. The minimum Gasteiger partial charge on any atom is -0.396 e. The highest BCUT2D eigenvalue weighted by Gasteiger charge is 2.36. The van der Waals surface area contributed by atoms with Crippen LogP contribution in [0.2, 0.25) is 0 Å². The molecule has 0 aromatic heterocycles. The fourth-order valence-corrected chi connectivity index (χ4v) is 3.98. The molecule has 112 valence electrons. The first kappa shape index (κ1) is 15.3. The fraction of sp³-hybridized carbons (Fsp3) is 1.00. The maximum Gasteiger partial charge on any atom is 0.0583 e. The molecule has 0 spiro atoms. The molecule has 2 aliphatic rings. The second-order valence-electron chi connectivity index (χ2n) is 6.40. The summed E-state index contributed by atoms with van der Waals surface area (Å²) in [4.78, 5) is 2.64. The number of aliphatic hydroxyl groups excluding tert-OH is 2. The van der Waals surface area contributed by atoms with Crippen molar-refractivity contribution in [1.29, 1.82) is 0 Å². The van der Waals surface area contributed by atoms with Crippen LogP contribution in [0.1, 0.15) is 64.2 Å². The predicted octanol–water partition coefficient (Wildman–Crippen LogP) is 2.55. The van der Waals surface area contributed by atoms with Gasteiger partial charge >= 0.3 is 0 Å². The molecular formula is C16H31NO2. The number of unbranched alkanes of at least 4 members (excludes halogenated alkanes) is 3. The zero-order valence-corrected chi connectivity index (χ0v) is 12.3. The largest absolute Gasteiger partial charge is 0.396 e. The maximum absolute atomic E-state index is 10.2. The first-order valence-corrected chi connectivity index (χ1v) is 8.36. The molecule has 3 nitrogen and oxygen atoms in total. The highest BCUT2D eigenvalue weighted by Crippen LogP contribution is 2.34. The van der Waals surface area contributed by atoms with Crippen LogP contribution < -0.4 is 0 Å². The maximum atomic E-state index is 10.2. The Morgan fingerprint density at radius 3 is 2.47 bits per heavy atom. The number of nitrogens with zero attached hydrogens (tertiary/aromatic N) is 1. The molecular weight excluding hydrogens is 238 g/mol. The van der Waals surface area contributed by atoms with Gasteiger partial charge in [0.25, 0.3) is 0 Å². The summed E-state index contributed by atoms with van der Waals surface area (Å²) in [5, 5.41) is 19.0. The Morgan fingerprint density at radius 1 is 0.895 bits per heavy atom. The zero-order chi connectivity index (χ0) is 13.5. The van der Waals surface area contributed by atoms with E-state index in [9.17, 15) is 5.11 Å². The van der Waals surface area contributed by atoms with Crippen molar-refractivity contribution in [3.63, 3.8) is 0 Å². The van der Waals surface area contributed by atoms with E-state index in [1.807, 2.05) is 0 Å². The molecule has 1 heterocycles. The van der Waals surface area contributed by atoms with Gasteiger partial charge in [-0.25, -0.2) is 0 Å². The average molecular weight is 269 g/mol. The van der Waals surface area contributed by atoms with Gasteiger partial charge in [0.1, 0.15) is 0 Å². The molecule has 19 heavy (non-hydrogen) atoms. The number of hydrogen-bond donors (Lipinski definition) is 2. The van der Waals surface area contributed by atoms with Crippen molar-refractivity contribution in [3.05, 3.63) is 0 Å². The lowest BCUT2D eigenvalue weighted by molar-refractivity contribution is 0.0218. The molecule has 2 fully saturated rings. The summed E-state index contributed by atoms with van der Waals surface area (Å²) in [5.41, 5.74) is 0. The molecule has 0 radical (unpaired) electrons. The second kappa shape index (κ2) is 8.23. The van der Waals surface area contributed by atoms with Crippen molar-refractivity contribution in [1.82, 2.24) is 4.90 Å². The Morgan fingerprint density at radius 2 is 1.68 bits per heavy atom. The van der Waals surface area contributed by atoms with E-state index in [1.165, 1.54) is 58.0 Å². The van der Waals surface area contributed by atoms with E-state index in [0.29, 0.717) is 18.6 Å². The van der Waals surface area contributed by atoms with E-state index >= 15 is 0 Å².